The maximum atomic E-state index is 5.33. The van der Waals surface area contributed by atoms with E-state index in [1.165, 1.54) is 30.2 Å². The van der Waals surface area contributed by atoms with Crippen LogP contribution in [-0.2, 0) is 0 Å². The van der Waals surface area contributed by atoms with Crippen LogP contribution in [0.5, 0.6) is 5.75 Å². The van der Waals surface area contributed by atoms with Gasteiger partial charge in [-0.2, -0.15) is 0 Å². The number of likely N-dealkylation sites (N-methyl/N-ethyl adjacent to an activating group) is 1. The lowest BCUT2D eigenvalue weighted by Gasteiger charge is -2.37. The summed E-state index contributed by atoms with van der Waals surface area (Å²) in [6.45, 7) is 9.68. The van der Waals surface area contributed by atoms with E-state index in [0.717, 1.165) is 62.1 Å². The lowest BCUT2D eigenvalue weighted by molar-refractivity contribution is 0.147. The molecular weight excluding hydrogens is 481 g/mol. The summed E-state index contributed by atoms with van der Waals surface area (Å²) in [5.74, 6) is 1.95. The van der Waals surface area contributed by atoms with Gasteiger partial charge in [0.2, 0.25) is 0 Å². The lowest BCUT2D eigenvalue weighted by Crippen LogP contribution is -2.54. The van der Waals surface area contributed by atoms with E-state index in [1.54, 1.807) is 7.11 Å². The van der Waals surface area contributed by atoms with E-state index in [2.05, 4.69) is 69.6 Å². The first-order chi connectivity index (χ1) is 16.2. The first-order valence-corrected chi connectivity index (χ1v) is 12.3. The number of halogens is 2. The third-order valence-corrected chi connectivity index (χ3v) is 7.14. The highest BCUT2D eigenvalue weighted by molar-refractivity contribution is 5.95. The molecule has 5 rings (SSSR count). The van der Waals surface area contributed by atoms with Gasteiger partial charge in [0.1, 0.15) is 11.6 Å². The van der Waals surface area contributed by atoms with Gasteiger partial charge in [-0.3, -0.25) is 10.3 Å². The smallest absolute Gasteiger partial charge is 0.137 e. The molecule has 1 atom stereocenters. The molecular formula is C27H37Cl2N5O. The number of fused-ring (bicyclic) bond motifs is 1. The van der Waals surface area contributed by atoms with Crippen molar-refractivity contribution in [3.05, 3.63) is 54.6 Å². The Labute approximate surface area is 221 Å². The highest BCUT2D eigenvalue weighted by Crippen LogP contribution is 2.31. The molecule has 35 heavy (non-hydrogen) atoms. The summed E-state index contributed by atoms with van der Waals surface area (Å²) in [5.41, 5.74) is 5.84. The molecule has 8 heteroatoms. The molecule has 3 aromatic rings. The summed E-state index contributed by atoms with van der Waals surface area (Å²) in [4.78, 5) is 10.2. The number of nitrogens with one attached hydrogen (secondary N) is 1. The SMILES string of the molecule is CCN1CCCC1CNN1CCN(c2nc(-c3ccc(OC)cc3)cc3ccccc23)CC1.Cl.Cl. The Morgan fingerprint density at radius 3 is 2.43 bits per heavy atom. The molecule has 2 saturated heterocycles. The van der Waals surface area contributed by atoms with E-state index in [-0.39, 0.29) is 24.8 Å². The number of aromatic nitrogens is 1. The second-order valence-electron chi connectivity index (χ2n) is 9.04. The van der Waals surface area contributed by atoms with E-state index in [1.807, 2.05) is 12.1 Å². The number of hydrazine groups is 1. The Bertz CT molecular complexity index is 1070. The quantitative estimate of drug-likeness (QED) is 0.482. The summed E-state index contributed by atoms with van der Waals surface area (Å²) in [6.07, 6.45) is 2.64. The van der Waals surface area contributed by atoms with E-state index < -0.39 is 0 Å². The molecule has 1 unspecified atom stereocenters. The molecule has 2 aromatic carbocycles. The summed E-state index contributed by atoms with van der Waals surface area (Å²) in [5, 5.41) is 4.86. The number of piperazine rings is 1. The van der Waals surface area contributed by atoms with Crippen molar-refractivity contribution in [1.29, 1.82) is 0 Å². The molecule has 6 nitrogen and oxygen atoms in total. The van der Waals surface area contributed by atoms with Crippen molar-refractivity contribution in [3.8, 4) is 17.0 Å². The molecule has 2 aliphatic rings. The molecule has 2 aliphatic heterocycles. The average molecular weight is 519 g/mol. The number of ether oxygens (including phenoxy) is 1. The van der Waals surface area contributed by atoms with E-state index in [9.17, 15) is 0 Å². The molecule has 0 radical (unpaired) electrons. The summed E-state index contributed by atoms with van der Waals surface area (Å²) in [7, 11) is 1.70. The van der Waals surface area contributed by atoms with E-state index >= 15 is 0 Å². The number of methoxy groups -OCH3 is 1. The third kappa shape index (κ3) is 6.19. The van der Waals surface area contributed by atoms with Gasteiger partial charge in [-0.1, -0.05) is 31.2 Å². The van der Waals surface area contributed by atoms with Gasteiger partial charge in [0.15, 0.2) is 0 Å². The average Bonchev–Trinajstić information content (AvgIpc) is 3.35. The van der Waals surface area contributed by atoms with Gasteiger partial charge < -0.3 is 9.64 Å². The van der Waals surface area contributed by atoms with Crippen LogP contribution < -0.4 is 15.1 Å². The zero-order valence-electron chi connectivity index (χ0n) is 20.7. The Balaban J connectivity index is 0.00000171. The standard InChI is InChI=1S/C27H35N5O.2ClH/c1-3-30-14-6-8-23(30)20-28-32-17-15-31(16-18-32)27-25-9-5-4-7-22(25)19-26(29-27)21-10-12-24(33-2)13-11-21;;/h4-5,7,9-13,19,23,28H,3,6,8,14-18,20H2,1-2H3;2*1H. The van der Waals surface area contributed by atoms with Crippen LogP contribution in [0.2, 0.25) is 0 Å². The van der Waals surface area contributed by atoms with Crippen LogP contribution in [0, 0.1) is 0 Å². The van der Waals surface area contributed by atoms with Crippen LogP contribution in [-0.4, -0.2) is 73.9 Å². The second-order valence-corrected chi connectivity index (χ2v) is 9.04. The van der Waals surface area contributed by atoms with Crippen LogP contribution in [0.1, 0.15) is 19.8 Å². The monoisotopic (exact) mass is 517 g/mol. The molecule has 0 bridgehead atoms. The Kier molecular flexibility index (Phi) is 10.0. The second kappa shape index (κ2) is 12.7. The first kappa shape index (κ1) is 27.5. The predicted molar refractivity (Wildman–Crippen MR) is 150 cm³/mol. The Morgan fingerprint density at radius 2 is 1.71 bits per heavy atom. The summed E-state index contributed by atoms with van der Waals surface area (Å²) < 4.78 is 5.33. The highest BCUT2D eigenvalue weighted by Gasteiger charge is 2.25. The molecule has 0 aliphatic carbocycles. The van der Waals surface area contributed by atoms with E-state index in [4.69, 9.17) is 9.72 Å². The van der Waals surface area contributed by atoms with Crippen molar-refractivity contribution in [3.63, 3.8) is 0 Å². The van der Waals surface area contributed by atoms with Crippen molar-refractivity contribution in [1.82, 2.24) is 20.3 Å². The fourth-order valence-corrected chi connectivity index (χ4v) is 5.18. The largest absolute Gasteiger partial charge is 0.497 e. The van der Waals surface area contributed by atoms with Crippen molar-refractivity contribution >= 4 is 41.4 Å². The number of rotatable bonds is 7. The summed E-state index contributed by atoms with van der Waals surface area (Å²) in [6, 6.07) is 19.6. The molecule has 1 N–H and O–H groups in total. The fraction of sp³-hybridized carbons (Fsp3) is 0.444. The van der Waals surface area contributed by atoms with Crippen molar-refractivity contribution in [2.45, 2.75) is 25.8 Å². The molecule has 190 valence electrons. The number of hydrogen-bond acceptors (Lipinski definition) is 6. The van der Waals surface area contributed by atoms with Gasteiger partial charge >= 0.3 is 0 Å². The lowest BCUT2D eigenvalue weighted by atomic mass is 10.1. The number of nitrogens with zero attached hydrogens (tertiary/aromatic N) is 4. The predicted octanol–water partition coefficient (Wildman–Crippen LogP) is 4.86. The zero-order chi connectivity index (χ0) is 22.6. The molecule has 0 spiro atoms. The van der Waals surface area contributed by atoms with Gasteiger partial charge in [-0.05, 0) is 61.6 Å². The van der Waals surface area contributed by atoms with Crippen molar-refractivity contribution in [2.75, 3.05) is 57.8 Å². The molecule has 2 fully saturated rings. The molecule has 1 aromatic heterocycles. The van der Waals surface area contributed by atoms with Gasteiger partial charge in [0, 0.05) is 49.7 Å². The highest BCUT2D eigenvalue weighted by atomic mass is 35.5. The normalized spacial score (nSPS) is 18.8. The topological polar surface area (TPSA) is 43.9 Å². The van der Waals surface area contributed by atoms with Gasteiger partial charge in [0.05, 0.1) is 12.8 Å². The minimum atomic E-state index is 0. The van der Waals surface area contributed by atoms with Crippen LogP contribution in [0.4, 0.5) is 5.82 Å². The first-order valence-electron chi connectivity index (χ1n) is 12.3. The van der Waals surface area contributed by atoms with Crippen molar-refractivity contribution in [2.24, 2.45) is 0 Å². The van der Waals surface area contributed by atoms with Crippen LogP contribution in [0.15, 0.2) is 54.6 Å². The van der Waals surface area contributed by atoms with Crippen LogP contribution in [0.3, 0.4) is 0 Å². The van der Waals surface area contributed by atoms with E-state index in [0.29, 0.717) is 6.04 Å². The minimum Gasteiger partial charge on any atom is -0.497 e. The number of likely N-dealkylation sites (tertiary alicyclic amines) is 1. The number of hydrogen-bond donors (Lipinski definition) is 1. The fourth-order valence-electron chi connectivity index (χ4n) is 5.18. The summed E-state index contributed by atoms with van der Waals surface area (Å²) >= 11 is 0. The molecule has 3 heterocycles. The Hall–Kier alpha value is -2.09. The zero-order valence-corrected chi connectivity index (χ0v) is 22.3. The molecule has 0 saturated carbocycles. The van der Waals surface area contributed by atoms with Crippen LogP contribution in [0.25, 0.3) is 22.0 Å². The van der Waals surface area contributed by atoms with Crippen LogP contribution >= 0.6 is 24.8 Å². The Morgan fingerprint density at radius 1 is 0.971 bits per heavy atom. The van der Waals surface area contributed by atoms with Gasteiger partial charge in [-0.15, -0.1) is 24.8 Å². The minimum absolute atomic E-state index is 0. The van der Waals surface area contributed by atoms with Gasteiger partial charge in [-0.25, -0.2) is 9.99 Å². The maximum Gasteiger partial charge on any atom is 0.137 e. The van der Waals surface area contributed by atoms with Crippen molar-refractivity contribution < 1.29 is 4.74 Å². The van der Waals surface area contributed by atoms with Gasteiger partial charge in [0.25, 0.3) is 0 Å². The molecule has 0 amide bonds. The third-order valence-electron chi connectivity index (χ3n) is 7.14. The number of anilines is 1. The number of benzene rings is 2. The maximum absolute atomic E-state index is 5.33. The number of pyridine rings is 1.